The highest BCUT2D eigenvalue weighted by atomic mass is 35.5. The number of benzene rings is 1. The first-order valence-electron chi connectivity index (χ1n) is 11.9. The van der Waals surface area contributed by atoms with Crippen molar-refractivity contribution in [3.05, 3.63) is 41.3 Å². The first kappa shape index (κ1) is 29.8. The summed E-state index contributed by atoms with van der Waals surface area (Å²) < 4.78 is 62.5. The van der Waals surface area contributed by atoms with E-state index in [4.69, 9.17) is 16.3 Å². The number of hydrogen-bond acceptors (Lipinski definition) is 6. The molecule has 13 heteroatoms. The van der Waals surface area contributed by atoms with E-state index in [9.17, 15) is 22.0 Å². The summed E-state index contributed by atoms with van der Waals surface area (Å²) in [4.78, 5) is 19.2. The summed E-state index contributed by atoms with van der Waals surface area (Å²) in [6.07, 6.45) is 3.35. The van der Waals surface area contributed by atoms with Crippen LogP contribution in [-0.2, 0) is 17.1 Å². The van der Waals surface area contributed by atoms with Crippen LogP contribution < -0.4 is 4.74 Å². The first-order valence-corrected chi connectivity index (χ1v) is 13.8. The lowest BCUT2D eigenvalue weighted by molar-refractivity contribution is -0.0891. The fourth-order valence-corrected chi connectivity index (χ4v) is 6.94. The number of methoxy groups -OCH3 is 1. The summed E-state index contributed by atoms with van der Waals surface area (Å²) in [5.74, 6) is -2.56. The molecule has 0 radical (unpaired) electrons. The SMILES string of the molecule is COc1cccc(Cl)c1C(=O)CCC1(N2CCN(S(=O)(=O)c3cn(C)cn3)CC2)CCC(F)(F)CC1.Cl. The molecule has 1 aromatic heterocycles. The van der Waals surface area contributed by atoms with Crippen LogP contribution in [-0.4, -0.2) is 77.7 Å². The Kier molecular flexibility index (Phi) is 9.27. The molecule has 206 valence electrons. The zero-order valence-electron chi connectivity index (χ0n) is 20.8. The smallest absolute Gasteiger partial charge is 0.262 e. The maximum absolute atomic E-state index is 14.1. The molecule has 2 fully saturated rings. The predicted molar refractivity (Wildman–Crippen MR) is 139 cm³/mol. The maximum atomic E-state index is 14.1. The summed E-state index contributed by atoms with van der Waals surface area (Å²) in [5.41, 5.74) is -0.323. The van der Waals surface area contributed by atoms with Crippen LogP contribution in [0.2, 0.25) is 5.02 Å². The number of aryl methyl sites for hydroxylation is 1. The van der Waals surface area contributed by atoms with E-state index in [2.05, 4.69) is 9.88 Å². The zero-order chi connectivity index (χ0) is 26.1. The van der Waals surface area contributed by atoms with Crippen LogP contribution in [0.5, 0.6) is 5.75 Å². The molecular weight excluding hydrogens is 549 g/mol. The van der Waals surface area contributed by atoms with Gasteiger partial charge in [0.05, 0.1) is 24.0 Å². The van der Waals surface area contributed by atoms with Gasteiger partial charge in [-0.25, -0.2) is 22.2 Å². The van der Waals surface area contributed by atoms with E-state index in [1.165, 1.54) is 23.9 Å². The minimum atomic E-state index is -3.74. The van der Waals surface area contributed by atoms with Crippen LogP contribution in [0.15, 0.2) is 35.7 Å². The van der Waals surface area contributed by atoms with E-state index in [0.29, 0.717) is 30.8 Å². The molecular formula is C24H32Cl2F2N4O4S. The number of alkyl halides is 2. The van der Waals surface area contributed by atoms with Crippen LogP contribution in [0.1, 0.15) is 48.9 Å². The van der Waals surface area contributed by atoms with E-state index in [0.717, 1.165) is 0 Å². The fourth-order valence-electron chi connectivity index (χ4n) is 5.28. The van der Waals surface area contributed by atoms with Crippen molar-refractivity contribution in [3.63, 3.8) is 0 Å². The normalized spacial score (nSPS) is 20.2. The van der Waals surface area contributed by atoms with Gasteiger partial charge in [-0.05, 0) is 31.4 Å². The number of ether oxygens (including phenoxy) is 1. The van der Waals surface area contributed by atoms with E-state index in [-0.39, 0.29) is 73.4 Å². The molecule has 2 aliphatic rings. The molecule has 1 saturated carbocycles. The Labute approximate surface area is 227 Å². The van der Waals surface area contributed by atoms with Crippen molar-refractivity contribution >= 4 is 39.8 Å². The molecule has 37 heavy (non-hydrogen) atoms. The largest absolute Gasteiger partial charge is 0.496 e. The van der Waals surface area contributed by atoms with Crippen LogP contribution in [0.3, 0.4) is 0 Å². The number of sulfonamides is 1. The fraction of sp³-hybridized carbons (Fsp3) is 0.583. The number of piperazine rings is 1. The van der Waals surface area contributed by atoms with Gasteiger partial charge in [-0.3, -0.25) is 9.69 Å². The Hall–Kier alpha value is -1.79. The minimum absolute atomic E-state index is 0. The lowest BCUT2D eigenvalue weighted by Crippen LogP contribution is -2.59. The number of Topliss-reactive ketones (excluding diaryl/α,β-unsaturated/α-hetero) is 1. The quantitative estimate of drug-likeness (QED) is 0.430. The van der Waals surface area contributed by atoms with E-state index >= 15 is 0 Å². The molecule has 1 aromatic carbocycles. The topological polar surface area (TPSA) is 84.7 Å². The third-order valence-electron chi connectivity index (χ3n) is 7.40. The standard InChI is InChI=1S/C24H31ClF2N4O4S.ClH/c1-29-16-21(28-17-29)36(33,34)31-14-12-30(13-15-31)23(8-10-24(26,27)11-9-23)7-6-19(32)22-18(25)4-3-5-20(22)35-2;/h3-5,16-17H,6-15H2,1-2H3;1H. The van der Waals surface area contributed by atoms with Crippen molar-refractivity contribution < 1.29 is 26.7 Å². The van der Waals surface area contributed by atoms with Crippen LogP contribution in [0, 0.1) is 0 Å². The highest BCUT2D eigenvalue weighted by molar-refractivity contribution is 7.89. The first-order chi connectivity index (χ1) is 17.0. The monoisotopic (exact) mass is 580 g/mol. The third-order valence-corrected chi connectivity index (χ3v) is 9.50. The highest BCUT2D eigenvalue weighted by Crippen LogP contribution is 2.45. The summed E-state index contributed by atoms with van der Waals surface area (Å²) in [6, 6.07) is 4.98. The van der Waals surface area contributed by atoms with Gasteiger partial charge in [0, 0.05) is 64.2 Å². The zero-order valence-corrected chi connectivity index (χ0v) is 23.2. The summed E-state index contributed by atoms with van der Waals surface area (Å²) in [5, 5.41) is 0.279. The summed E-state index contributed by atoms with van der Waals surface area (Å²) >= 11 is 6.28. The molecule has 2 heterocycles. The summed E-state index contributed by atoms with van der Waals surface area (Å²) in [6.45, 7) is 1.23. The molecule has 0 unspecified atom stereocenters. The van der Waals surface area contributed by atoms with Gasteiger partial charge in [0.15, 0.2) is 10.8 Å². The van der Waals surface area contributed by atoms with Crippen LogP contribution >= 0.6 is 24.0 Å². The van der Waals surface area contributed by atoms with Gasteiger partial charge in [0.25, 0.3) is 10.0 Å². The molecule has 2 aromatic rings. The van der Waals surface area contributed by atoms with Gasteiger partial charge in [0.2, 0.25) is 5.92 Å². The van der Waals surface area contributed by atoms with Crippen molar-refractivity contribution in [2.75, 3.05) is 33.3 Å². The van der Waals surface area contributed by atoms with Gasteiger partial charge < -0.3 is 9.30 Å². The van der Waals surface area contributed by atoms with E-state index in [1.807, 2.05) is 0 Å². The second-order valence-corrected chi connectivity index (χ2v) is 11.9. The minimum Gasteiger partial charge on any atom is -0.496 e. The molecule has 8 nitrogen and oxygen atoms in total. The number of aromatic nitrogens is 2. The Morgan fingerprint density at radius 2 is 1.78 bits per heavy atom. The van der Waals surface area contributed by atoms with Gasteiger partial charge in [-0.15, -0.1) is 12.4 Å². The Morgan fingerprint density at radius 1 is 1.14 bits per heavy atom. The highest BCUT2D eigenvalue weighted by Gasteiger charge is 2.47. The van der Waals surface area contributed by atoms with E-state index < -0.39 is 21.5 Å². The van der Waals surface area contributed by atoms with Crippen molar-refractivity contribution in [1.29, 1.82) is 0 Å². The van der Waals surface area contributed by atoms with Gasteiger partial charge >= 0.3 is 0 Å². The lowest BCUT2D eigenvalue weighted by atomic mass is 9.74. The Bertz CT molecular complexity index is 1210. The average molecular weight is 582 g/mol. The molecule has 0 spiro atoms. The molecule has 0 atom stereocenters. The molecule has 0 bridgehead atoms. The number of imidazole rings is 1. The molecule has 0 N–H and O–H groups in total. The molecule has 1 aliphatic heterocycles. The molecule has 0 amide bonds. The lowest BCUT2D eigenvalue weighted by Gasteiger charge is -2.50. The van der Waals surface area contributed by atoms with Crippen molar-refractivity contribution in [1.82, 2.24) is 18.8 Å². The molecule has 4 rings (SSSR count). The predicted octanol–water partition coefficient (Wildman–Crippen LogP) is 4.42. The number of ketones is 1. The van der Waals surface area contributed by atoms with Crippen molar-refractivity contribution in [3.8, 4) is 5.75 Å². The number of nitrogens with zero attached hydrogens (tertiary/aromatic N) is 4. The maximum Gasteiger partial charge on any atom is 0.262 e. The third kappa shape index (κ3) is 6.27. The van der Waals surface area contributed by atoms with E-state index in [1.54, 1.807) is 29.8 Å². The summed E-state index contributed by atoms with van der Waals surface area (Å²) in [7, 11) is -0.571. The molecule has 1 aliphatic carbocycles. The number of rotatable bonds is 8. The van der Waals surface area contributed by atoms with Crippen LogP contribution in [0.25, 0.3) is 0 Å². The Balaban J connectivity index is 0.00000380. The van der Waals surface area contributed by atoms with Gasteiger partial charge in [-0.2, -0.15) is 4.31 Å². The van der Waals surface area contributed by atoms with Gasteiger partial charge in [0.1, 0.15) is 5.75 Å². The Morgan fingerprint density at radius 3 is 2.35 bits per heavy atom. The van der Waals surface area contributed by atoms with Crippen molar-refractivity contribution in [2.45, 2.75) is 55.0 Å². The average Bonchev–Trinajstić information content (AvgIpc) is 3.30. The van der Waals surface area contributed by atoms with Crippen LogP contribution in [0.4, 0.5) is 8.78 Å². The number of halogens is 4. The molecule has 1 saturated heterocycles. The number of carbonyl (C=O) groups is 1. The second-order valence-electron chi connectivity index (χ2n) is 9.59. The van der Waals surface area contributed by atoms with Crippen molar-refractivity contribution in [2.24, 2.45) is 7.05 Å². The number of carbonyl (C=O) groups excluding carboxylic acids is 1. The number of hydrogen-bond donors (Lipinski definition) is 0. The second kappa shape index (κ2) is 11.5. The van der Waals surface area contributed by atoms with Gasteiger partial charge in [-0.1, -0.05) is 17.7 Å².